The van der Waals surface area contributed by atoms with Crippen LogP contribution in [-0.2, 0) is 10.3 Å². The molecular formula is C15H25NO2. The molecule has 0 radical (unpaired) electrons. The van der Waals surface area contributed by atoms with E-state index in [4.69, 9.17) is 4.74 Å². The molecule has 3 heteroatoms. The average Bonchev–Trinajstić information content (AvgIpc) is 2.38. The van der Waals surface area contributed by atoms with Crippen LogP contribution in [0.3, 0.4) is 0 Å². The molecule has 1 rings (SSSR count). The summed E-state index contributed by atoms with van der Waals surface area (Å²) in [6.07, 6.45) is 0.984. The second-order valence-electron chi connectivity index (χ2n) is 4.96. The molecule has 1 aromatic rings. The second-order valence-corrected chi connectivity index (χ2v) is 4.96. The monoisotopic (exact) mass is 251 g/mol. The predicted octanol–water partition coefficient (Wildman–Crippen LogP) is 2.30. The first-order chi connectivity index (χ1) is 8.64. The third-order valence-corrected chi connectivity index (χ3v) is 2.86. The number of aliphatic hydroxyl groups excluding tert-OH is 1. The van der Waals surface area contributed by atoms with E-state index in [1.807, 2.05) is 30.3 Å². The molecule has 1 atom stereocenters. The minimum atomic E-state index is -0.509. The number of hydrogen-bond donors (Lipinski definition) is 2. The number of rotatable bonds is 8. The Hall–Kier alpha value is -0.900. The van der Waals surface area contributed by atoms with E-state index in [-0.39, 0.29) is 12.6 Å². The minimum Gasteiger partial charge on any atom is -0.394 e. The second kappa shape index (κ2) is 7.52. The molecule has 0 aliphatic carbocycles. The van der Waals surface area contributed by atoms with E-state index < -0.39 is 5.54 Å². The van der Waals surface area contributed by atoms with Gasteiger partial charge < -0.3 is 15.2 Å². The molecule has 0 aromatic heterocycles. The zero-order valence-corrected chi connectivity index (χ0v) is 11.6. The third kappa shape index (κ3) is 4.09. The van der Waals surface area contributed by atoms with Crippen LogP contribution in [0.2, 0.25) is 0 Å². The van der Waals surface area contributed by atoms with Gasteiger partial charge in [-0.25, -0.2) is 0 Å². The first-order valence-corrected chi connectivity index (χ1v) is 6.66. The molecule has 0 spiro atoms. The van der Waals surface area contributed by atoms with Crippen molar-refractivity contribution in [3.8, 4) is 0 Å². The maximum absolute atomic E-state index is 9.84. The van der Waals surface area contributed by atoms with Crippen molar-refractivity contribution in [1.29, 1.82) is 0 Å². The zero-order valence-electron chi connectivity index (χ0n) is 11.6. The Morgan fingerprint density at radius 2 is 1.94 bits per heavy atom. The van der Waals surface area contributed by atoms with Gasteiger partial charge in [-0.15, -0.1) is 0 Å². The SMILES string of the molecule is CCCOCC(CO)(NC(C)C)c1ccccc1. The summed E-state index contributed by atoms with van der Waals surface area (Å²) in [5.74, 6) is 0. The molecule has 0 amide bonds. The van der Waals surface area contributed by atoms with E-state index in [1.54, 1.807) is 0 Å². The lowest BCUT2D eigenvalue weighted by atomic mass is 9.90. The number of nitrogens with one attached hydrogen (secondary N) is 1. The molecule has 1 unspecified atom stereocenters. The van der Waals surface area contributed by atoms with Gasteiger partial charge in [-0.2, -0.15) is 0 Å². The van der Waals surface area contributed by atoms with Gasteiger partial charge >= 0.3 is 0 Å². The van der Waals surface area contributed by atoms with Gasteiger partial charge in [-0.3, -0.25) is 0 Å². The molecule has 1 aromatic carbocycles. The lowest BCUT2D eigenvalue weighted by Gasteiger charge is -2.35. The maximum atomic E-state index is 9.84. The highest BCUT2D eigenvalue weighted by molar-refractivity contribution is 5.25. The van der Waals surface area contributed by atoms with Gasteiger partial charge in [-0.05, 0) is 25.8 Å². The fraction of sp³-hybridized carbons (Fsp3) is 0.600. The van der Waals surface area contributed by atoms with Crippen molar-refractivity contribution in [3.05, 3.63) is 35.9 Å². The average molecular weight is 251 g/mol. The highest BCUT2D eigenvalue weighted by atomic mass is 16.5. The van der Waals surface area contributed by atoms with Gasteiger partial charge in [0.25, 0.3) is 0 Å². The topological polar surface area (TPSA) is 41.5 Å². The van der Waals surface area contributed by atoms with Crippen molar-refractivity contribution in [2.24, 2.45) is 0 Å². The van der Waals surface area contributed by atoms with Crippen LogP contribution in [0.1, 0.15) is 32.8 Å². The van der Waals surface area contributed by atoms with Crippen LogP contribution in [-0.4, -0.2) is 31.0 Å². The molecule has 0 fully saturated rings. The third-order valence-electron chi connectivity index (χ3n) is 2.86. The summed E-state index contributed by atoms with van der Waals surface area (Å²) in [5.41, 5.74) is 0.558. The Balaban J connectivity index is 2.90. The number of hydrogen-bond acceptors (Lipinski definition) is 3. The summed E-state index contributed by atoms with van der Waals surface area (Å²) in [4.78, 5) is 0. The van der Waals surface area contributed by atoms with E-state index in [0.29, 0.717) is 13.2 Å². The first-order valence-electron chi connectivity index (χ1n) is 6.66. The molecule has 102 valence electrons. The van der Waals surface area contributed by atoms with Crippen LogP contribution in [0.15, 0.2) is 30.3 Å². The van der Waals surface area contributed by atoms with Crippen molar-refractivity contribution >= 4 is 0 Å². The minimum absolute atomic E-state index is 0.0267. The quantitative estimate of drug-likeness (QED) is 0.697. The summed E-state index contributed by atoms with van der Waals surface area (Å²) in [6, 6.07) is 10.3. The number of aliphatic hydroxyl groups is 1. The van der Waals surface area contributed by atoms with E-state index in [9.17, 15) is 5.11 Å². The maximum Gasteiger partial charge on any atom is 0.0907 e. The molecule has 18 heavy (non-hydrogen) atoms. The molecule has 0 aliphatic heterocycles. The van der Waals surface area contributed by atoms with Crippen LogP contribution in [0.5, 0.6) is 0 Å². The number of benzene rings is 1. The molecule has 0 saturated heterocycles. The highest BCUT2D eigenvalue weighted by Crippen LogP contribution is 2.22. The Morgan fingerprint density at radius 3 is 2.44 bits per heavy atom. The molecule has 0 aliphatic rings. The van der Waals surface area contributed by atoms with Crippen LogP contribution in [0.25, 0.3) is 0 Å². The Labute approximate surface area is 110 Å². The van der Waals surface area contributed by atoms with Crippen molar-refractivity contribution in [1.82, 2.24) is 5.32 Å². The molecule has 2 N–H and O–H groups in total. The van der Waals surface area contributed by atoms with E-state index in [1.165, 1.54) is 0 Å². The van der Waals surface area contributed by atoms with Gasteiger partial charge in [-0.1, -0.05) is 37.3 Å². The van der Waals surface area contributed by atoms with Crippen molar-refractivity contribution in [2.75, 3.05) is 19.8 Å². The fourth-order valence-electron chi connectivity index (χ4n) is 2.09. The fourth-order valence-corrected chi connectivity index (χ4v) is 2.09. The van der Waals surface area contributed by atoms with Crippen LogP contribution < -0.4 is 5.32 Å². The molecule has 0 saturated carbocycles. The molecule has 3 nitrogen and oxygen atoms in total. The van der Waals surface area contributed by atoms with Gasteiger partial charge in [0, 0.05) is 12.6 Å². The Morgan fingerprint density at radius 1 is 1.28 bits per heavy atom. The predicted molar refractivity (Wildman–Crippen MR) is 74.6 cm³/mol. The first kappa shape index (κ1) is 15.2. The van der Waals surface area contributed by atoms with Crippen molar-refractivity contribution < 1.29 is 9.84 Å². The van der Waals surface area contributed by atoms with Crippen LogP contribution in [0.4, 0.5) is 0 Å². The van der Waals surface area contributed by atoms with E-state index >= 15 is 0 Å². The van der Waals surface area contributed by atoms with Crippen molar-refractivity contribution in [2.45, 2.75) is 38.8 Å². The van der Waals surface area contributed by atoms with Crippen LogP contribution in [0, 0.1) is 0 Å². The van der Waals surface area contributed by atoms with Crippen LogP contribution >= 0.6 is 0 Å². The van der Waals surface area contributed by atoms with Gasteiger partial charge in [0.15, 0.2) is 0 Å². The lowest BCUT2D eigenvalue weighted by Crippen LogP contribution is -2.52. The highest BCUT2D eigenvalue weighted by Gasteiger charge is 2.32. The lowest BCUT2D eigenvalue weighted by molar-refractivity contribution is 0.0292. The van der Waals surface area contributed by atoms with Gasteiger partial charge in [0.2, 0.25) is 0 Å². The summed E-state index contributed by atoms with van der Waals surface area (Å²) in [5, 5.41) is 13.3. The number of ether oxygens (including phenoxy) is 1. The van der Waals surface area contributed by atoms with Gasteiger partial charge in [0.05, 0.1) is 18.8 Å². The molecule has 0 heterocycles. The van der Waals surface area contributed by atoms with Gasteiger partial charge in [0.1, 0.15) is 0 Å². The van der Waals surface area contributed by atoms with E-state index in [2.05, 4.69) is 26.1 Å². The summed E-state index contributed by atoms with van der Waals surface area (Å²) in [6.45, 7) is 7.46. The Bertz CT molecular complexity index is 327. The normalized spacial score (nSPS) is 14.7. The summed E-state index contributed by atoms with van der Waals surface area (Å²) in [7, 11) is 0. The van der Waals surface area contributed by atoms with E-state index in [0.717, 1.165) is 12.0 Å². The van der Waals surface area contributed by atoms with Crippen molar-refractivity contribution in [3.63, 3.8) is 0 Å². The summed E-state index contributed by atoms with van der Waals surface area (Å²) < 4.78 is 5.67. The largest absolute Gasteiger partial charge is 0.394 e. The molecular weight excluding hydrogens is 226 g/mol. The standard InChI is InChI=1S/C15H25NO2/c1-4-10-18-12-15(11-17,16-13(2)3)14-8-6-5-7-9-14/h5-9,13,16-17H,4,10-12H2,1-3H3. The smallest absolute Gasteiger partial charge is 0.0907 e. The summed E-state index contributed by atoms with van der Waals surface area (Å²) >= 11 is 0. The Kier molecular flexibility index (Phi) is 6.33. The molecule has 0 bridgehead atoms. The zero-order chi connectivity index (χ0) is 13.4.